The molecule has 2 aromatic heterocycles. The zero-order valence-corrected chi connectivity index (χ0v) is 24.9. The van der Waals surface area contributed by atoms with E-state index in [2.05, 4.69) is 11.9 Å². The van der Waals surface area contributed by atoms with Gasteiger partial charge in [0.2, 0.25) is 5.78 Å². The molecule has 0 bridgehead atoms. The molecule has 9 heteroatoms. The lowest BCUT2D eigenvalue weighted by Gasteiger charge is -2.16. The van der Waals surface area contributed by atoms with Gasteiger partial charge in [0.1, 0.15) is 11.7 Å². The summed E-state index contributed by atoms with van der Waals surface area (Å²) in [6, 6.07) is 17.5. The Morgan fingerprint density at radius 1 is 1.11 bits per heavy atom. The van der Waals surface area contributed by atoms with Gasteiger partial charge in [-0.25, -0.2) is 4.79 Å². The molecule has 4 aromatic rings. The Kier molecular flexibility index (Phi) is 11.2. The van der Waals surface area contributed by atoms with Crippen LogP contribution >= 0.6 is 0 Å². The molecule has 2 atom stereocenters. The van der Waals surface area contributed by atoms with Crippen LogP contribution in [0.15, 0.2) is 94.5 Å². The number of fused-ring (bicyclic) bond motifs is 1. The number of furan rings is 2. The van der Waals surface area contributed by atoms with Crippen LogP contribution in [0.2, 0.25) is 0 Å². The van der Waals surface area contributed by atoms with Gasteiger partial charge in [0.05, 0.1) is 18.7 Å². The molecular formula is C35H36N2O7. The summed E-state index contributed by atoms with van der Waals surface area (Å²) in [4.78, 5) is 50.5. The van der Waals surface area contributed by atoms with Crippen LogP contribution in [0, 0.1) is 5.92 Å². The van der Waals surface area contributed by atoms with E-state index in [0.29, 0.717) is 48.4 Å². The maximum absolute atomic E-state index is 13.3. The summed E-state index contributed by atoms with van der Waals surface area (Å²) in [7, 11) is 1.80. The standard InChI is InChI=1S/C26H28N2O5.C9H8O2/c1-3-4-8-21(25(30)23-14-18-7-5-6-9-22(18)33-23)24(29)17-10-12-19(13-11-17)28-16-20(15-27-2)32-26(28)31;1-2-3-4-8-5-9(6-10)11-7-8/h5-7,9-14,20-21,27H,3-4,8,15-16H2,1-2H3;2-7H,1H2/b;4-3-. The van der Waals surface area contributed by atoms with Gasteiger partial charge in [0, 0.05) is 28.7 Å². The summed E-state index contributed by atoms with van der Waals surface area (Å²) in [6.45, 7) is 6.55. The van der Waals surface area contributed by atoms with E-state index in [0.717, 1.165) is 23.8 Å². The molecule has 1 saturated heterocycles. The molecule has 1 amide bonds. The van der Waals surface area contributed by atoms with E-state index in [1.54, 1.807) is 66.6 Å². The molecule has 2 aromatic carbocycles. The first-order valence-electron chi connectivity index (χ1n) is 14.5. The quantitative estimate of drug-likeness (QED) is 0.0749. The van der Waals surface area contributed by atoms with Gasteiger partial charge >= 0.3 is 6.09 Å². The molecule has 1 fully saturated rings. The van der Waals surface area contributed by atoms with Crippen LogP contribution in [-0.4, -0.2) is 50.2 Å². The van der Waals surface area contributed by atoms with Crippen LogP contribution in [0.1, 0.15) is 63.2 Å². The molecule has 5 rings (SSSR count). The van der Waals surface area contributed by atoms with Crippen molar-refractivity contribution in [1.82, 2.24) is 5.32 Å². The number of aldehydes is 1. The molecule has 2 unspecified atom stereocenters. The topological polar surface area (TPSA) is 119 Å². The fourth-order valence-electron chi connectivity index (χ4n) is 4.83. The van der Waals surface area contributed by atoms with Crippen LogP contribution in [0.4, 0.5) is 10.5 Å². The number of allylic oxidation sites excluding steroid dienone is 2. The van der Waals surface area contributed by atoms with Gasteiger partial charge in [-0.05, 0) is 55.9 Å². The zero-order chi connectivity index (χ0) is 31.5. The summed E-state index contributed by atoms with van der Waals surface area (Å²) in [6.07, 6.45) is 8.90. The lowest BCUT2D eigenvalue weighted by atomic mass is 9.88. The lowest BCUT2D eigenvalue weighted by Crippen LogP contribution is -2.29. The molecule has 1 N–H and O–H groups in total. The summed E-state index contributed by atoms with van der Waals surface area (Å²) in [5.41, 5.74) is 2.58. The highest BCUT2D eigenvalue weighted by atomic mass is 16.6. The molecule has 0 radical (unpaired) electrons. The Morgan fingerprint density at radius 2 is 1.89 bits per heavy atom. The third-order valence-corrected chi connectivity index (χ3v) is 7.10. The van der Waals surface area contributed by atoms with Gasteiger partial charge in [0.25, 0.3) is 0 Å². The Labute approximate surface area is 256 Å². The Morgan fingerprint density at radius 3 is 2.55 bits per heavy atom. The molecule has 1 aliphatic rings. The second-order valence-electron chi connectivity index (χ2n) is 10.3. The third-order valence-electron chi connectivity index (χ3n) is 7.10. The van der Waals surface area contributed by atoms with Crippen LogP contribution < -0.4 is 10.2 Å². The highest BCUT2D eigenvalue weighted by Gasteiger charge is 2.33. The predicted molar refractivity (Wildman–Crippen MR) is 169 cm³/mol. The SMILES string of the molecule is C=C/C=C\c1coc(C=O)c1.CCCCC(C(=O)c1ccc(N2CC(CNC)OC2=O)cc1)C(=O)c1cc2ccccc2o1. The fraction of sp³-hybridized carbons (Fsp3) is 0.257. The van der Waals surface area contributed by atoms with Crippen LogP contribution in [-0.2, 0) is 4.74 Å². The number of likely N-dealkylation sites (N-methyl/N-ethyl adjacent to an activating group) is 1. The highest BCUT2D eigenvalue weighted by Crippen LogP contribution is 2.27. The van der Waals surface area contributed by atoms with Crippen LogP contribution in [0.3, 0.4) is 0 Å². The second-order valence-corrected chi connectivity index (χ2v) is 10.3. The van der Waals surface area contributed by atoms with Crippen molar-refractivity contribution in [2.45, 2.75) is 32.3 Å². The number of amides is 1. The van der Waals surface area contributed by atoms with Crippen molar-refractivity contribution in [2.75, 3.05) is 25.0 Å². The average Bonchev–Trinajstić information content (AvgIpc) is 3.78. The number of benzene rings is 2. The number of nitrogens with one attached hydrogen (secondary N) is 1. The van der Waals surface area contributed by atoms with Crippen molar-refractivity contribution in [3.05, 3.63) is 108 Å². The van der Waals surface area contributed by atoms with E-state index in [1.807, 2.05) is 31.2 Å². The second kappa shape index (κ2) is 15.5. The Bertz CT molecular complexity index is 1600. The van der Waals surface area contributed by atoms with E-state index >= 15 is 0 Å². The largest absolute Gasteiger partial charge is 0.461 e. The third kappa shape index (κ3) is 7.87. The molecule has 44 heavy (non-hydrogen) atoms. The molecular weight excluding hydrogens is 560 g/mol. The van der Waals surface area contributed by atoms with Gasteiger partial charge in [-0.15, -0.1) is 0 Å². The molecule has 1 aliphatic heterocycles. The van der Waals surface area contributed by atoms with Gasteiger partial charge in [0.15, 0.2) is 23.6 Å². The van der Waals surface area contributed by atoms with Crippen molar-refractivity contribution < 1.29 is 32.7 Å². The number of rotatable bonds is 13. The first-order valence-corrected chi connectivity index (χ1v) is 14.5. The number of nitrogens with zero attached hydrogens (tertiary/aromatic N) is 1. The van der Waals surface area contributed by atoms with E-state index < -0.39 is 12.0 Å². The normalized spacial score (nSPS) is 15.1. The molecule has 9 nitrogen and oxygen atoms in total. The average molecular weight is 597 g/mol. The minimum absolute atomic E-state index is 0.206. The van der Waals surface area contributed by atoms with E-state index in [9.17, 15) is 19.2 Å². The summed E-state index contributed by atoms with van der Waals surface area (Å²) >= 11 is 0. The first kappa shape index (κ1) is 31.9. The van der Waals surface area contributed by atoms with Gasteiger partial charge in [-0.2, -0.15) is 0 Å². The Balaban J connectivity index is 0.000000339. The Hall–Kier alpha value is -5.02. The van der Waals surface area contributed by atoms with Gasteiger partial charge in [-0.1, -0.05) is 62.8 Å². The number of unbranched alkanes of at least 4 members (excludes halogenated alkanes) is 1. The van der Waals surface area contributed by atoms with Crippen molar-refractivity contribution in [3.8, 4) is 0 Å². The minimum Gasteiger partial charge on any atom is -0.461 e. The monoisotopic (exact) mass is 596 g/mol. The number of ketones is 2. The number of Topliss-reactive ketones (excluding diaryl/α,β-unsaturated/α-hetero) is 2. The smallest absolute Gasteiger partial charge is 0.414 e. The molecule has 0 aliphatic carbocycles. The van der Waals surface area contributed by atoms with E-state index in [1.165, 1.54) is 6.26 Å². The number of cyclic esters (lactones) is 1. The predicted octanol–water partition coefficient (Wildman–Crippen LogP) is 7.14. The minimum atomic E-state index is -0.812. The van der Waals surface area contributed by atoms with Crippen LogP contribution in [0.5, 0.6) is 0 Å². The highest BCUT2D eigenvalue weighted by molar-refractivity contribution is 6.16. The number of carbonyl (C=O) groups is 4. The van der Waals surface area contributed by atoms with Crippen molar-refractivity contribution >= 4 is 46.7 Å². The molecule has 0 spiro atoms. The molecule has 0 saturated carbocycles. The first-order chi connectivity index (χ1) is 21.4. The lowest BCUT2D eigenvalue weighted by molar-refractivity contribution is 0.0781. The maximum atomic E-state index is 13.3. The van der Waals surface area contributed by atoms with E-state index in [-0.39, 0.29) is 23.4 Å². The number of carbonyl (C=O) groups excluding carboxylic acids is 4. The number of anilines is 1. The summed E-state index contributed by atoms with van der Waals surface area (Å²) < 4.78 is 15.9. The van der Waals surface area contributed by atoms with Crippen molar-refractivity contribution in [1.29, 1.82) is 0 Å². The molecule has 3 heterocycles. The zero-order valence-electron chi connectivity index (χ0n) is 24.9. The van der Waals surface area contributed by atoms with E-state index in [4.69, 9.17) is 13.6 Å². The van der Waals surface area contributed by atoms with Crippen molar-refractivity contribution in [2.24, 2.45) is 5.92 Å². The summed E-state index contributed by atoms with van der Waals surface area (Å²) in [5.74, 6) is -0.802. The number of para-hydroxylation sites is 1. The fourth-order valence-corrected chi connectivity index (χ4v) is 4.83. The number of hydrogen-bond acceptors (Lipinski definition) is 8. The number of ether oxygens (including phenoxy) is 1. The summed E-state index contributed by atoms with van der Waals surface area (Å²) in [5, 5.41) is 3.83. The number of hydrogen-bond donors (Lipinski definition) is 1. The van der Waals surface area contributed by atoms with Gasteiger partial charge < -0.3 is 18.9 Å². The van der Waals surface area contributed by atoms with Gasteiger partial charge in [-0.3, -0.25) is 19.3 Å². The molecule has 228 valence electrons. The van der Waals surface area contributed by atoms with Crippen molar-refractivity contribution in [3.63, 3.8) is 0 Å². The maximum Gasteiger partial charge on any atom is 0.414 e. The van der Waals surface area contributed by atoms with Crippen LogP contribution in [0.25, 0.3) is 17.0 Å².